The van der Waals surface area contributed by atoms with Gasteiger partial charge in [-0.2, -0.15) is 13.2 Å². The van der Waals surface area contributed by atoms with Crippen molar-refractivity contribution in [1.82, 2.24) is 9.88 Å². The Morgan fingerprint density at radius 2 is 1.90 bits per heavy atom. The lowest BCUT2D eigenvalue weighted by Crippen LogP contribution is -2.44. The molecule has 0 saturated carbocycles. The van der Waals surface area contributed by atoms with E-state index < -0.39 is 18.2 Å². The van der Waals surface area contributed by atoms with Gasteiger partial charge in [-0.15, -0.1) is 0 Å². The highest BCUT2D eigenvalue weighted by atomic mass is 19.4. The Morgan fingerprint density at radius 1 is 1.17 bits per heavy atom. The third-order valence-corrected chi connectivity index (χ3v) is 5.18. The number of rotatable bonds is 2. The molecule has 2 aromatic carbocycles. The average molecular weight is 403 g/mol. The number of hydrogen-bond acceptors (Lipinski definition) is 2. The molecule has 1 aliphatic heterocycles. The van der Waals surface area contributed by atoms with E-state index in [-0.39, 0.29) is 12.2 Å². The van der Waals surface area contributed by atoms with Gasteiger partial charge in [0.05, 0.1) is 18.5 Å². The molecule has 0 radical (unpaired) electrons. The van der Waals surface area contributed by atoms with Crippen LogP contribution in [0, 0.1) is 0 Å². The number of aromatic nitrogens is 1. The smallest absolute Gasteiger partial charge is 0.414 e. The minimum Gasteiger partial charge on any atom is -0.495 e. The number of carbonyl (C=O) groups excluding carboxylic acids is 1. The first kappa shape index (κ1) is 19.2. The summed E-state index contributed by atoms with van der Waals surface area (Å²) in [7, 11) is 1.44. The molecule has 2 heterocycles. The molecule has 5 nitrogen and oxygen atoms in total. The number of benzene rings is 2. The third kappa shape index (κ3) is 3.50. The van der Waals surface area contributed by atoms with Crippen LogP contribution in [0.4, 0.5) is 23.7 Å². The highest BCUT2D eigenvalue weighted by Gasteiger charge is 2.49. The second-order valence-corrected chi connectivity index (χ2v) is 6.93. The van der Waals surface area contributed by atoms with Gasteiger partial charge in [0.15, 0.2) is 6.04 Å². The fourth-order valence-corrected chi connectivity index (χ4v) is 3.93. The number of H-pyrrole nitrogens is 1. The molecule has 1 unspecified atom stereocenters. The SMILES string of the molecule is COc1ccccc1NC(=O)N1CCCc2c([nH]c3ccccc23)C1C(F)(F)F. The van der Waals surface area contributed by atoms with Crippen LogP contribution in [0.1, 0.15) is 23.7 Å². The first-order valence-corrected chi connectivity index (χ1v) is 9.27. The number of alkyl halides is 3. The molecule has 0 bridgehead atoms. The molecule has 2 amide bonds. The van der Waals surface area contributed by atoms with Gasteiger partial charge in [0, 0.05) is 17.4 Å². The van der Waals surface area contributed by atoms with E-state index in [1.54, 1.807) is 42.5 Å². The Bertz CT molecular complexity index is 1050. The summed E-state index contributed by atoms with van der Waals surface area (Å²) in [4.78, 5) is 16.7. The van der Waals surface area contributed by atoms with Crippen molar-refractivity contribution >= 4 is 22.6 Å². The van der Waals surface area contributed by atoms with Crippen LogP contribution >= 0.6 is 0 Å². The van der Waals surface area contributed by atoms with Gasteiger partial charge in [-0.05, 0) is 36.6 Å². The van der Waals surface area contributed by atoms with Crippen molar-refractivity contribution in [2.45, 2.75) is 25.1 Å². The van der Waals surface area contributed by atoms with Crippen molar-refractivity contribution in [1.29, 1.82) is 0 Å². The Balaban J connectivity index is 1.75. The first-order valence-electron chi connectivity index (χ1n) is 9.27. The predicted octanol–water partition coefficient (Wildman–Crippen LogP) is 5.26. The topological polar surface area (TPSA) is 57.4 Å². The second-order valence-electron chi connectivity index (χ2n) is 6.93. The quantitative estimate of drug-likeness (QED) is 0.613. The first-order chi connectivity index (χ1) is 13.9. The van der Waals surface area contributed by atoms with Crippen LogP contribution in [-0.4, -0.2) is 35.7 Å². The van der Waals surface area contributed by atoms with Gasteiger partial charge in [-0.25, -0.2) is 4.79 Å². The summed E-state index contributed by atoms with van der Waals surface area (Å²) in [5.74, 6) is 0.380. The fourth-order valence-electron chi connectivity index (χ4n) is 3.93. The number of anilines is 1. The Hall–Kier alpha value is -3.16. The maximum Gasteiger partial charge on any atom is 0.414 e. The zero-order chi connectivity index (χ0) is 20.6. The second kappa shape index (κ2) is 7.35. The standard InChI is InChI=1S/C21H20F3N3O2/c1-29-17-11-5-4-10-16(17)26-20(28)27-12-6-8-14-13-7-2-3-9-15(13)25-18(14)19(27)21(22,23)24/h2-5,7,9-11,19,25H,6,8,12H2,1H3,(H,26,28). The summed E-state index contributed by atoms with van der Waals surface area (Å²) in [6.45, 7) is -0.0119. The Labute approximate surface area is 165 Å². The number of amides is 2. The van der Waals surface area contributed by atoms with E-state index in [0.29, 0.717) is 35.4 Å². The fraction of sp³-hybridized carbons (Fsp3) is 0.286. The molecule has 1 aliphatic rings. The van der Waals surface area contributed by atoms with Gasteiger partial charge in [0.25, 0.3) is 0 Å². The van der Waals surface area contributed by atoms with Crippen LogP contribution in [-0.2, 0) is 6.42 Å². The summed E-state index contributed by atoms with van der Waals surface area (Å²) in [5.41, 5.74) is 1.61. The predicted molar refractivity (Wildman–Crippen MR) is 104 cm³/mol. The zero-order valence-corrected chi connectivity index (χ0v) is 15.7. The maximum absolute atomic E-state index is 14.2. The molecule has 152 valence electrons. The summed E-state index contributed by atoms with van der Waals surface area (Å²) in [6.07, 6.45) is -3.73. The molecule has 1 atom stereocenters. The molecule has 0 saturated heterocycles. The number of fused-ring (bicyclic) bond motifs is 3. The van der Waals surface area contributed by atoms with Crippen molar-refractivity contribution in [3.63, 3.8) is 0 Å². The van der Waals surface area contributed by atoms with Crippen LogP contribution in [0.3, 0.4) is 0 Å². The monoisotopic (exact) mass is 403 g/mol. The molecule has 0 fully saturated rings. The number of aromatic amines is 1. The molecule has 2 N–H and O–H groups in total. The number of aryl methyl sites for hydroxylation is 1. The van der Waals surface area contributed by atoms with Gasteiger partial charge in [0.1, 0.15) is 5.75 Å². The van der Waals surface area contributed by atoms with E-state index in [1.165, 1.54) is 7.11 Å². The molecule has 0 aliphatic carbocycles. The largest absolute Gasteiger partial charge is 0.495 e. The van der Waals surface area contributed by atoms with Crippen LogP contribution in [0.2, 0.25) is 0 Å². The van der Waals surface area contributed by atoms with E-state index in [9.17, 15) is 18.0 Å². The van der Waals surface area contributed by atoms with Gasteiger partial charge < -0.3 is 19.9 Å². The molecular weight excluding hydrogens is 383 g/mol. The number of nitrogens with one attached hydrogen (secondary N) is 2. The summed E-state index contributed by atoms with van der Waals surface area (Å²) in [5, 5.41) is 3.34. The molecule has 3 aromatic rings. The van der Waals surface area contributed by atoms with Gasteiger partial charge >= 0.3 is 12.2 Å². The van der Waals surface area contributed by atoms with Crippen molar-refractivity contribution in [2.24, 2.45) is 0 Å². The van der Waals surface area contributed by atoms with Gasteiger partial charge in [-0.3, -0.25) is 0 Å². The van der Waals surface area contributed by atoms with Gasteiger partial charge in [-0.1, -0.05) is 30.3 Å². The number of carbonyl (C=O) groups is 1. The molecule has 4 rings (SSSR count). The Morgan fingerprint density at radius 3 is 2.66 bits per heavy atom. The van der Waals surface area contributed by atoms with Crippen LogP contribution < -0.4 is 10.1 Å². The number of methoxy groups -OCH3 is 1. The number of urea groups is 1. The highest BCUT2D eigenvalue weighted by Crippen LogP contribution is 2.43. The van der Waals surface area contributed by atoms with Gasteiger partial charge in [0.2, 0.25) is 0 Å². The van der Waals surface area contributed by atoms with E-state index in [1.807, 2.05) is 6.07 Å². The minimum absolute atomic E-state index is 0.0119. The number of halogens is 3. The van der Waals surface area contributed by atoms with Crippen molar-refractivity contribution in [3.05, 3.63) is 59.8 Å². The third-order valence-electron chi connectivity index (χ3n) is 5.18. The lowest BCUT2D eigenvalue weighted by molar-refractivity contribution is -0.178. The minimum atomic E-state index is -4.63. The Kier molecular flexibility index (Phi) is 4.86. The lowest BCUT2D eigenvalue weighted by atomic mass is 10.0. The van der Waals surface area contributed by atoms with Crippen LogP contribution in [0.15, 0.2) is 48.5 Å². The zero-order valence-electron chi connectivity index (χ0n) is 15.7. The normalized spacial score (nSPS) is 17.0. The van der Waals surface area contributed by atoms with E-state index in [2.05, 4.69) is 10.3 Å². The van der Waals surface area contributed by atoms with Crippen LogP contribution in [0.5, 0.6) is 5.75 Å². The van der Waals surface area contributed by atoms with E-state index >= 15 is 0 Å². The number of hydrogen-bond donors (Lipinski definition) is 2. The lowest BCUT2D eigenvalue weighted by Gasteiger charge is -2.31. The highest BCUT2D eigenvalue weighted by molar-refractivity contribution is 5.92. The number of nitrogens with zero attached hydrogens (tertiary/aromatic N) is 1. The maximum atomic E-state index is 14.2. The number of para-hydroxylation sites is 3. The molecular formula is C21H20F3N3O2. The molecule has 8 heteroatoms. The average Bonchev–Trinajstić information content (AvgIpc) is 2.92. The van der Waals surface area contributed by atoms with Crippen molar-refractivity contribution in [3.8, 4) is 5.75 Å². The number of ether oxygens (including phenoxy) is 1. The molecule has 1 aromatic heterocycles. The van der Waals surface area contributed by atoms with Crippen molar-refractivity contribution < 1.29 is 22.7 Å². The molecule has 29 heavy (non-hydrogen) atoms. The summed E-state index contributed by atoms with van der Waals surface area (Å²) >= 11 is 0. The van der Waals surface area contributed by atoms with Crippen LogP contribution in [0.25, 0.3) is 10.9 Å². The van der Waals surface area contributed by atoms with E-state index in [0.717, 1.165) is 10.3 Å². The van der Waals surface area contributed by atoms with Crippen molar-refractivity contribution in [2.75, 3.05) is 19.0 Å². The summed E-state index contributed by atoms with van der Waals surface area (Å²) < 4.78 is 47.7. The summed E-state index contributed by atoms with van der Waals surface area (Å²) in [6, 6.07) is 10.9. The van der Waals surface area contributed by atoms with E-state index in [4.69, 9.17) is 4.74 Å². The molecule has 0 spiro atoms.